The van der Waals surface area contributed by atoms with E-state index in [1.165, 1.54) is 72.4 Å². The molecule has 0 atom stereocenters. The molecule has 5 rings (SSSR count). The van der Waals surface area contributed by atoms with Crippen LogP contribution in [0, 0.1) is 28.5 Å². The second kappa shape index (κ2) is 13.8. The van der Waals surface area contributed by atoms with Gasteiger partial charge in [0, 0.05) is 11.6 Å². The first kappa shape index (κ1) is 28.1. The smallest absolute Gasteiger partial charge is 0.134 e. The van der Waals surface area contributed by atoms with Crippen molar-refractivity contribution in [2.24, 2.45) is 0 Å². The van der Waals surface area contributed by atoms with Gasteiger partial charge in [0.1, 0.15) is 11.6 Å². The molecular formula is C37H35FN2O. The Bertz CT molecular complexity index is 1580. The average molecular weight is 543 g/mol. The van der Waals surface area contributed by atoms with E-state index in [9.17, 15) is 9.65 Å². The highest BCUT2D eigenvalue weighted by molar-refractivity contribution is 5.77. The van der Waals surface area contributed by atoms with Crippen LogP contribution in [0.1, 0.15) is 79.2 Å². The molecule has 4 heteroatoms. The van der Waals surface area contributed by atoms with Crippen LogP contribution >= 0.6 is 0 Å². The number of nitrogens with zero attached hydrogens (tertiary/aromatic N) is 2. The molecule has 0 aliphatic heterocycles. The van der Waals surface area contributed by atoms with E-state index in [2.05, 4.69) is 36.4 Å². The minimum Gasteiger partial charge on any atom is -0.493 e. The van der Waals surface area contributed by atoms with Crippen LogP contribution in [0.2, 0.25) is 0 Å². The first-order chi connectivity index (χ1) is 20.1. The predicted octanol–water partition coefficient (Wildman–Crippen LogP) is 9.55. The standard InChI is InChI=1S/C37H35FN2O/c38-37-24-33(16-19-36(37)30-14-10-28(25-39)11-15-30)41-20-8-6-4-2-1-3-5-7-9-27-12-17-34-31(21-27)23-32-22-29(26-40)13-18-35(32)34/h10-19,21-22,24H,1-9,20,23H2. The fourth-order valence-corrected chi connectivity index (χ4v) is 5.71. The third kappa shape index (κ3) is 7.22. The Morgan fingerprint density at radius 3 is 1.93 bits per heavy atom. The number of ether oxygens (including phenoxy) is 1. The van der Waals surface area contributed by atoms with Crippen LogP contribution < -0.4 is 4.74 Å². The van der Waals surface area contributed by atoms with Crippen LogP contribution in [0.15, 0.2) is 78.9 Å². The molecule has 1 aliphatic carbocycles. The Kier molecular flexibility index (Phi) is 9.45. The Balaban J connectivity index is 0.921. The SMILES string of the molecule is N#Cc1ccc(-c2ccc(OCCCCCCCCCCc3ccc4c(c3)Cc3cc(C#N)ccc3-4)cc2F)cc1. The third-order valence-electron chi connectivity index (χ3n) is 7.97. The molecule has 0 saturated carbocycles. The van der Waals surface area contributed by atoms with Crippen molar-refractivity contribution >= 4 is 0 Å². The average Bonchev–Trinajstić information content (AvgIpc) is 3.37. The number of nitriles is 2. The van der Waals surface area contributed by atoms with Crippen LogP contribution in [-0.2, 0) is 12.8 Å². The Labute approximate surface area is 242 Å². The van der Waals surface area contributed by atoms with Crippen LogP contribution in [0.25, 0.3) is 22.3 Å². The van der Waals surface area contributed by atoms with Gasteiger partial charge in [-0.25, -0.2) is 4.39 Å². The summed E-state index contributed by atoms with van der Waals surface area (Å²) in [6, 6.07) is 29.2. The van der Waals surface area contributed by atoms with E-state index in [-0.39, 0.29) is 5.82 Å². The minimum atomic E-state index is -0.316. The second-order valence-electron chi connectivity index (χ2n) is 10.9. The summed E-state index contributed by atoms with van der Waals surface area (Å²) in [5.74, 6) is 0.241. The van der Waals surface area contributed by atoms with E-state index in [4.69, 9.17) is 10.00 Å². The lowest BCUT2D eigenvalue weighted by Crippen LogP contribution is -1.98. The largest absolute Gasteiger partial charge is 0.493 e. The summed E-state index contributed by atoms with van der Waals surface area (Å²) in [6.45, 7) is 0.598. The third-order valence-corrected chi connectivity index (χ3v) is 7.97. The van der Waals surface area contributed by atoms with Crippen molar-refractivity contribution in [3.05, 3.63) is 112 Å². The summed E-state index contributed by atoms with van der Waals surface area (Å²) in [6.07, 6.45) is 11.6. The van der Waals surface area contributed by atoms with Gasteiger partial charge in [-0.05, 0) is 95.5 Å². The predicted molar refractivity (Wildman–Crippen MR) is 162 cm³/mol. The summed E-state index contributed by atoms with van der Waals surface area (Å²) in [4.78, 5) is 0. The number of fused-ring (bicyclic) bond motifs is 3. The molecule has 41 heavy (non-hydrogen) atoms. The first-order valence-electron chi connectivity index (χ1n) is 14.7. The van der Waals surface area contributed by atoms with Crippen molar-refractivity contribution in [2.45, 2.75) is 64.2 Å². The van der Waals surface area contributed by atoms with Gasteiger partial charge >= 0.3 is 0 Å². The lowest BCUT2D eigenvalue weighted by molar-refractivity contribution is 0.303. The summed E-state index contributed by atoms with van der Waals surface area (Å²) >= 11 is 0. The van der Waals surface area contributed by atoms with Crippen LogP contribution in [0.5, 0.6) is 5.75 Å². The van der Waals surface area contributed by atoms with Crippen molar-refractivity contribution in [2.75, 3.05) is 6.61 Å². The second-order valence-corrected chi connectivity index (χ2v) is 10.9. The molecule has 4 aromatic carbocycles. The summed E-state index contributed by atoms with van der Waals surface area (Å²) in [5.41, 5.74) is 9.24. The minimum absolute atomic E-state index is 0.316. The van der Waals surface area contributed by atoms with E-state index in [0.717, 1.165) is 36.8 Å². The van der Waals surface area contributed by atoms with Crippen LogP contribution in [0.4, 0.5) is 4.39 Å². The Morgan fingerprint density at radius 2 is 1.22 bits per heavy atom. The van der Waals surface area contributed by atoms with Crippen molar-refractivity contribution in [3.63, 3.8) is 0 Å². The maximum absolute atomic E-state index is 14.6. The molecule has 4 aromatic rings. The number of unbranched alkanes of at least 4 members (excludes halogenated alkanes) is 7. The molecule has 0 bridgehead atoms. The zero-order valence-electron chi connectivity index (χ0n) is 23.5. The van der Waals surface area contributed by atoms with Crippen LogP contribution in [0.3, 0.4) is 0 Å². The number of benzene rings is 4. The highest BCUT2D eigenvalue weighted by atomic mass is 19.1. The zero-order valence-corrected chi connectivity index (χ0v) is 23.5. The molecule has 0 radical (unpaired) electrons. The zero-order chi connectivity index (χ0) is 28.4. The Morgan fingerprint density at radius 1 is 0.610 bits per heavy atom. The maximum Gasteiger partial charge on any atom is 0.134 e. The van der Waals surface area contributed by atoms with Gasteiger partial charge in [0.2, 0.25) is 0 Å². The number of hydrogen-bond acceptors (Lipinski definition) is 3. The van der Waals surface area contributed by atoms with Gasteiger partial charge in [-0.1, -0.05) is 74.9 Å². The quantitative estimate of drug-likeness (QED) is 0.139. The van der Waals surface area contributed by atoms with Gasteiger partial charge in [-0.2, -0.15) is 10.5 Å². The van der Waals surface area contributed by atoms with E-state index < -0.39 is 0 Å². The summed E-state index contributed by atoms with van der Waals surface area (Å²) < 4.78 is 20.4. The van der Waals surface area contributed by atoms with Gasteiger partial charge in [0.15, 0.2) is 0 Å². The van der Waals surface area contributed by atoms with Crippen molar-refractivity contribution in [1.82, 2.24) is 0 Å². The summed E-state index contributed by atoms with van der Waals surface area (Å²) in [5, 5.41) is 18.1. The fraction of sp³-hybridized carbons (Fsp3) is 0.297. The highest BCUT2D eigenvalue weighted by Crippen LogP contribution is 2.37. The lowest BCUT2D eigenvalue weighted by atomic mass is 9.99. The van der Waals surface area contributed by atoms with Gasteiger partial charge < -0.3 is 4.74 Å². The number of aryl methyl sites for hydroxylation is 1. The molecule has 0 unspecified atom stereocenters. The molecule has 0 amide bonds. The first-order valence-corrected chi connectivity index (χ1v) is 14.7. The monoisotopic (exact) mass is 542 g/mol. The number of hydrogen-bond donors (Lipinski definition) is 0. The maximum atomic E-state index is 14.6. The molecule has 0 heterocycles. The molecule has 3 nitrogen and oxygen atoms in total. The van der Waals surface area contributed by atoms with Crippen LogP contribution in [-0.4, -0.2) is 6.61 Å². The van der Waals surface area contributed by atoms with Gasteiger partial charge in [0.05, 0.1) is 29.9 Å². The van der Waals surface area contributed by atoms with E-state index in [1.807, 2.05) is 18.2 Å². The van der Waals surface area contributed by atoms with Crippen molar-refractivity contribution < 1.29 is 9.13 Å². The molecule has 0 N–H and O–H groups in total. The molecule has 0 aromatic heterocycles. The molecule has 0 fully saturated rings. The molecule has 0 saturated heterocycles. The van der Waals surface area contributed by atoms with E-state index >= 15 is 0 Å². The van der Waals surface area contributed by atoms with E-state index in [1.54, 1.807) is 30.3 Å². The normalized spacial score (nSPS) is 11.4. The lowest BCUT2D eigenvalue weighted by Gasteiger charge is -2.09. The number of halogens is 1. The van der Waals surface area contributed by atoms with Gasteiger partial charge in [0.25, 0.3) is 0 Å². The highest BCUT2D eigenvalue weighted by Gasteiger charge is 2.18. The van der Waals surface area contributed by atoms with Gasteiger partial charge in [-0.3, -0.25) is 0 Å². The fourth-order valence-electron chi connectivity index (χ4n) is 5.71. The van der Waals surface area contributed by atoms with E-state index in [0.29, 0.717) is 23.5 Å². The topological polar surface area (TPSA) is 56.8 Å². The molecular weight excluding hydrogens is 507 g/mol. The number of rotatable bonds is 13. The Hall–Kier alpha value is -4.41. The van der Waals surface area contributed by atoms with Crippen molar-refractivity contribution in [3.8, 4) is 40.1 Å². The molecule has 0 spiro atoms. The van der Waals surface area contributed by atoms with Gasteiger partial charge in [-0.15, -0.1) is 0 Å². The van der Waals surface area contributed by atoms with Crippen molar-refractivity contribution in [1.29, 1.82) is 10.5 Å². The summed E-state index contributed by atoms with van der Waals surface area (Å²) in [7, 11) is 0. The molecule has 206 valence electrons. The molecule has 1 aliphatic rings.